The molecule has 1 N–H and O–H groups in total. The van der Waals surface area contributed by atoms with E-state index >= 15 is 0 Å². The highest BCUT2D eigenvalue weighted by atomic mass is 16.7. The van der Waals surface area contributed by atoms with Crippen LogP contribution in [0.2, 0.25) is 0 Å². The van der Waals surface area contributed by atoms with Crippen LogP contribution in [0.25, 0.3) is 10.9 Å². The van der Waals surface area contributed by atoms with Crippen molar-refractivity contribution in [1.82, 2.24) is 4.98 Å². The van der Waals surface area contributed by atoms with Crippen molar-refractivity contribution in [2.45, 2.75) is 37.1 Å². The summed E-state index contributed by atoms with van der Waals surface area (Å²) >= 11 is 0. The van der Waals surface area contributed by atoms with Crippen LogP contribution in [0.1, 0.15) is 31.2 Å². The number of rotatable bonds is 1. The predicted molar refractivity (Wildman–Crippen MR) is 78.7 cm³/mol. The number of aromatic nitrogens is 1. The van der Waals surface area contributed by atoms with Crippen molar-refractivity contribution in [2.75, 3.05) is 13.2 Å². The topological polar surface area (TPSA) is 51.6 Å². The van der Waals surface area contributed by atoms with Crippen molar-refractivity contribution in [2.24, 2.45) is 0 Å². The van der Waals surface area contributed by atoms with Crippen molar-refractivity contribution in [3.8, 4) is 0 Å². The summed E-state index contributed by atoms with van der Waals surface area (Å²) in [5.74, 6) is -0.449. The lowest BCUT2D eigenvalue weighted by atomic mass is 9.76. The van der Waals surface area contributed by atoms with Gasteiger partial charge in [-0.15, -0.1) is 0 Å². The lowest BCUT2D eigenvalue weighted by Gasteiger charge is -2.41. The zero-order chi connectivity index (χ0) is 14.3. The number of fused-ring (bicyclic) bond motifs is 1. The molecule has 1 aliphatic carbocycles. The van der Waals surface area contributed by atoms with E-state index in [2.05, 4.69) is 4.98 Å². The molecule has 0 atom stereocenters. The van der Waals surface area contributed by atoms with Gasteiger partial charge in [-0.2, -0.15) is 0 Å². The maximum absolute atomic E-state index is 11.1. The molecule has 1 saturated carbocycles. The van der Waals surface area contributed by atoms with Crippen LogP contribution in [0, 0.1) is 0 Å². The average Bonchev–Trinajstić information content (AvgIpc) is 2.99. The van der Waals surface area contributed by atoms with E-state index in [1.807, 2.05) is 30.3 Å². The molecule has 2 aromatic rings. The predicted octanol–water partition coefficient (Wildman–Crippen LogP) is 2.74. The van der Waals surface area contributed by atoms with E-state index in [0.29, 0.717) is 26.1 Å². The molecule has 1 spiro atoms. The Kier molecular flexibility index (Phi) is 2.99. The summed E-state index contributed by atoms with van der Waals surface area (Å²) < 4.78 is 11.5. The standard InChI is InChI=1S/C17H19NO3/c19-16(6-8-17(9-7-16)20-11-12-21-17)14-4-1-5-15-13(14)3-2-10-18-15/h1-5,10,19H,6-9,11-12H2. The van der Waals surface area contributed by atoms with E-state index in [1.54, 1.807) is 6.20 Å². The molecule has 2 fully saturated rings. The molecule has 0 unspecified atom stereocenters. The van der Waals surface area contributed by atoms with Gasteiger partial charge < -0.3 is 14.6 Å². The Morgan fingerprint density at radius 3 is 2.48 bits per heavy atom. The van der Waals surface area contributed by atoms with Crippen LogP contribution in [0.15, 0.2) is 36.5 Å². The van der Waals surface area contributed by atoms with E-state index in [0.717, 1.165) is 29.3 Å². The maximum atomic E-state index is 11.1. The molecule has 4 rings (SSSR count). The summed E-state index contributed by atoms with van der Waals surface area (Å²) in [7, 11) is 0. The third kappa shape index (κ3) is 2.14. The molecule has 0 amide bonds. The van der Waals surface area contributed by atoms with Crippen molar-refractivity contribution < 1.29 is 14.6 Å². The molecule has 1 aromatic carbocycles. The average molecular weight is 285 g/mol. The van der Waals surface area contributed by atoms with E-state index in [1.165, 1.54) is 0 Å². The fourth-order valence-corrected chi connectivity index (χ4v) is 3.61. The van der Waals surface area contributed by atoms with Crippen LogP contribution in [0.4, 0.5) is 0 Å². The Balaban J connectivity index is 1.69. The lowest BCUT2D eigenvalue weighted by Crippen LogP contribution is -2.42. The molecule has 1 saturated heterocycles. The van der Waals surface area contributed by atoms with Gasteiger partial charge in [-0.25, -0.2) is 0 Å². The molecule has 1 aliphatic heterocycles. The molecule has 4 nitrogen and oxygen atoms in total. The summed E-state index contributed by atoms with van der Waals surface area (Å²) in [6, 6.07) is 9.91. The number of aliphatic hydroxyl groups is 1. The second kappa shape index (κ2) is 4.77. The molecule has 110 valence electrons. The van der Waals surface area contributed by atoms with Gasteiger partial charge in [-0.05, 0) is 30.5 Å². The number of ether oxygens (including phenoxy) is 2. The number of pyridine rings is 1. The SMILES string of the molecule is OC1(c2cccc3ncccc23)CCC2(CC1)OCCO2. The smallest absolute Gasteiger partial charge is 0.168 e. The second-order valence-electron chi connectivity index (χ2n) is 6.01. The number of benzene rings is 1. The van der Waals surface area contributed by atoms with Crippen LogP contribution in [0.3, 0.4) is 0 Å². The fraction of sp³-hybridized carbons (Fsp3) is 0.471. The summed E-state index contributed by atoms with van der Waals surface area (Å²) in [4.78, 5) is 4.38. The van der Waals surface area contributed by atoms with Crippen molar-refractivity contribution >= 4 is 10.9 Å². The highest BCUT2D eigenvalue weighted by molar-refractivity contribution is 5.82. The summed E-state index contributed by atoms with van der Waals surface area (Å²) in [5.41, 5.74) is 1.08. The van der Waals surface area contributed by atoms with Gasteiger partial charge in [0.1, 0.15) is 0 Å². The van der Waals surface area contributed by atoms with Gasteiger partial charge in [0.2, 0.25) is 0 Å². The van der Waals surface area contributed by atoms with Gasteiger partial charge in [-0.3, -0.25) is 4.98 Å². The minimum Gasteiger partial charge on any atom is -0.385 e. The van der Waals surface area contributed by atoms with Gasteiger partial charge in [0.25, 0.3) is 0 Å². The number of hydrogen-bond acceptors (Lipinski definition) is 4. The van der Waals surface area contributed by atoms with Gasteiger partial charge in [0, 0.05) is 24.4 Å². The summed E-state index contributed by atoms with van der Waals surface area (Å²) in [6.07, 6.45) is 4.56. The molecular weight excluding hydrogens is 266 g/mol. The molecular formula is C17H19NO3. The van der Waals surface area contributed by atoms with Crippen LogP contribution >= 0.6 is 0 Å². The first-order valence-corrected chi connectivity index (χ1v) is 7.55. The summed E-state index contributed by atoms with van der Waals surface area (Å²) in [6.45, 7) is 1.33. The molecule has 21 heavy (non-hydrogen) atoms. The Hall–Kier alpha value is -1.49. The zero-order valence-electron chi connectivity index (χ0n) is 11.9. The van der Waals surface area contributed by atoms with Gasteiger partial charge in [0.15, 0.2) is 5.79 Å². The highest BCUT2D eigenvalue weighted by Gasteiger charge is 2.46. The Labute approximate surface area is 123 Å². The van der Waals surface area contributed by atoms with Crippen molar-refractivity contribution in [3.05, 3.63) is 42.1 Å². The van der Waals surface area contributed by atoms with Crippen LogP contribution in [-0.2, 0) is 15.1 Å². The molecule has 0 bridgehead atoms. The summed E-state index contributed by atoms with van der Waals surface area (Å²) in [5, 5.41) is 12.2. The van der Waals surface area contributed by atoms with E-state index in [-0.39, 0.29) is 0 Å². The third-order valence-electron chi connectivity index (χ3n) is 4.80. The van der Waals surface area contributed by atoms with Crippen molar-refractivity contribution in [1.29, 1.82) is 0 Å². The molecule has 2 heterocycles. The Morgan fingerprint density at radius 1 is 0.952 bits per heavy atom. The maximum Gasteiger partial charge on any atom is 0.168 e. The van der Waals surface area contributed by atoms with E-state index in [4.69, 9.17) is 9.47 Å². The van der Waals surface area contributed by atoms with Gasteiger partial charge in [0.05, 0.1) is 24.3 Å². The highest BCUT2D eigenvalue weighted by Crippen LogP contribution is 2.46. The largest absolute Gasteiger partial charge is 0.385 e. The van der Waals surface area contributed by atoms with Crippen molar-refractivity contribution in [3.63, 3.8) is 0 Å². The van der Waals surface area contributed by atoms with Crippen LogP contribution in [0.5, 0.6) is 0 Å². The van der Waals surface area contributed by atoms with Crippen LogP contribution < -0.4 is 0 Å². The first-order chi connectivity index (χ1) is 10.2. The van der Waals surface area contributed by atoms with Crippen LogP contribution in [-0.4, -0.2) is 29.1 Å². The molecule has 0 radical (unpaired) electrons. The van der Waals surface area contributed by atoms with Gasteiger partial charge >= 0.3 is 0 Å². The van der Waals surface area contributed by atoms with E-state index in [9.17, 15) is 5.11 Å². The Bertz CT molecular complexity index is 649. The quantitative estimate of drug-likeness (QED) is 0.875. The molecule has 2 aliphatic rings. The first-order valence-electron chi connectivity index (χ1n) is 7.55. The third-order valence-corrected chi connectivity index (χ3v) is 4.80. The second-order valence-corrected chi connectivity index (χ2v) is 6.01. The minimum absolute atomic E-state index is 0.449. The normalized spacial score (nSPS) is 23.7. The number of nitrogens with zero attached hydrogens (tertiary/aromatic N) is 1. The van der Waals surface area contributed by atoms with E-state index < -0.39 is 11.4 Å². The lowest BCUT2D eigenvalue weighted by molar-refractivity contribution is -0.204. The molecule has 1 aromatic heterocycles. The zero-order valence-corrected chi connectivity index (χ0v) is 11.9. The Morgan fingerprint density at radius 2 is 1.71 bits per heavy atom. The van der Waals surface area contributed by atoms with Gasteiger partial charge in [-0.1, -0.05) is 18.2 Å². The monoisotopic (exact) mass is 285 g/mol. The number of hydrogen-bond donors (Lipinski definition) is 1. The first kappa shape index (κ1) is 13.2. The molecule has 4 heteroatoms. The fourth-order valence-electron chi connectivity index (χ4n) is 3.61. The minimum atomic E-state index is -0.816.